The van der Waals surface area contributed by atoms with Crippen LogP contribution in [0.4, 0.5) is 17.6 Å². The van der Waals surface area contributed by atoms with Gasteiger partial charge in [-0.15, -0.1) is 0 Å². The molecule has 2 aromatic rings. The minimum Gasteiger partial charge on any atom is -0.457 e. The van der Waals surface area contributed by atoms with Gasteiger partial charge in [0.25, 0.3) is 0 Å². The Morgan fingerprint density at radius 2 is 1.89 bits per heavy atom. The van der Waals surface area contributed by atoms with Crippen LogP contribution in [0.25, 0.3) is 0 Å². The summed E-state index contributed by atoms with van der Waals surface area (Å²) in [4.78, 5) is 11.2. The highest BCUT2D eigenvalue weighted by Gasteiger charge is 2.59. The third-order valence-electron chi connectivity index (χ3n) is 3.90. The summed E-state index contributed by atoms with van der Waals surface area (Å²) >= 11 is 0. The van der Waals surface area contributed by atoms with Gasteiger partial charge in [-0.1, -0.05) is 0 Å². The van der Waals surface area contributed by atoms with Gasteiger partial charge < -0.3 is 4.74 Å². The molecule has 3 rings (SSSR count). The number of rotatable bonds is 3. The molecule has 0 N–H and O–H groups in total. The van der Waals surface area contributed by atoms with Gasteiger partial charge in [-0.3, -0.25) is 4.79 Å². The molecular weight excluding hydrogens is 390 g/mol. The molecule has 0 unspecified atom stereocenters. The van der Waals surface area contributed by atoms with E-state index in [4.69, 9.17) is 10.00 Å². The van der Waals surface area contributed by atoms with Gasteiger partial charge in [-0.05, 0) is 24.3 Å². The highest BCUT2D eigenvalue weighted by atomic mass is 32.2. The number of carbonyl (C=O) groups is 1. The van der Waals surface area contributed by atoms with E-state index in [-0.39, 0.29) is 11.3 Å². The van der Waals surface area contributed by atoms with Crippen molar-refractivity contribution in [1.29, 1.82) is 5.26 Å². The molecule has 0 amide bonds. The Kier molecular flexibility index (Phi) is 4.23. The van der Waals surface area contributed by atoms with E-state index in [1.165, 1.54) is 0 Å². The number of hydrogen-bond donors (Lipinski definition) is 0. The molecule has 2 aromatic carbocycles. The SMILES string of the molecule is CS(=O)(=O)c1ccc(Oc2cc(F)cc(C#N)c2)c2c1C(=O)C(F)(F)[C@@H]2F. The Bertz CT molecular complexity index is 1120. The Morgan fingerprint density at radius 3 is 2.48 bits per heavy atom. The number of carbonyl (C=O) groups excluding carboxylic acids is 1. The summed E-state index contributed by atoms with van der Waals surface area (Å²) in [6.45, 7) is 0. The average molecular weight is 399 g/mol. The standard InChI is InChI=1S/C17H9F4NO4S/c1-27(24,25)12-3-2-11(13-14(12)16(23)17(20,21)15(13)19)26-10-5-8(7-22)4-9(18)6-10/h2-6,15H,1H3/t15-/m1/s1. The number of Topliss-reactive ketones (excluding diaryl/α,β-unsaturated/α-hetero) is 1. The lowest BCUT2D eigenvalue weighted by Crippen LogP contribution is -2.26. The predicted molar refractivity (Wildman–Crippen MR) is 83.9 cm³/mol. The second kappa shape index (κ2) is 6.06. The number of nitriles is 1. The van der Waals surface area contributed by atoms with Crippen molar-refractivity contribution in [1.82, 2.24) is 0 Å². The van der Waals surface area contributed by atoms with E-state index < -0.39 is 55.3 Å². The van der Waals surface area contributed by atoms with Crippen molar-refractivity contribution in [3.05, 3.63) is 52.8 Å². The summed E-state index contributed by atoms with van der Waals surface area (Å²) < 4.78 is 84.5. The van der Waals surface area contributed by atoms with Gasteiger partial charge in [0, 0.05) is 17.9 Å². The zero-order valence-electron chi connectivity index (χ0n) is 13.5. The smallest absolute Gasteiger partial charge is 0.344 e. The van der Waals surface area contributed by atoms with Crippen LogP contribution in [-0.4, -0.2) is 26.4 Å². The van der Waals surface area contributed by atoms with E-state index in [9.17, 15) is 30.8 Å². The minimum absolute atomic E-state index is 0.146. The van der Waals surface area contributed by atoms with Crippen molar-refractivity contribution in [2.45, 2.75) is 17.0 Å². The first-order chi connectivity index (χ1) is 12.5. The third-order valence-corrected chi connectivity index (χ3v) is 5.04. The lowest BCUT2D eigenvalue weighted by Gasteiger charge is -2.14. The summed E-state index contributed by atoms with van der Waals surface area (Å²) in [5.41, 5.74) is -2.08. The van der Waals surface area contributed by atoms with Crippen LogP contribution in [0.15, 0.2) is 35.2 Å². The summed E-state index contributed by atoms with van der Waals surface area (Å²) in [5.74, 6) is -8.21. The summed E-state index contributed by atoms with van der Waals surface area (Å²) in [7, 11) is -4.12. The molecule has 0 saturated heterocycles. The largest absolute Gasteiger partial charge is 0.457 e. The molecule has 27 heavy (non-hydrogen) atoms. The second-order valence-corrected chi connectivity index (χ2v) is 7.81. The zero-order valence-corrected chi connectivity index (χ0v) is 14.3. The van der Waals surface area contributed by atoms with E-state index in [0.29, 0.717) is 6.26 Å². The Labute approximate surface area is 150 Å². The van der Waals surface area contributed by atoms with Crippen LogP contribution < -0.4 is 4.74 Å². The van der Waals surface area contributed by atoms with Crippen molar-refractivity contribution < 1.29 is 35.5 Å². The number of hydrogen-bond acceptors (Lipinski definition) is 5. The fourth-order valence-corrected chi connectivity index (χ4v) is 3.63. The molecule has 1 aliphatic carbocycles. The first kappa shape index (κ1) is 18.8. The molecule has 0 spiro atoms. The van der Waals surface area contributed by atoms with Crippen LogP contribution in [0, 0.1) is 17.1 Å². The van der Waals surface area contributed by atoms with Crippen LogP contribution in [0.3, 0.4) is 0 Å². The maximum Gasteiger partial charge on any atom is 0.344 e. The third kappa shape index (κ3) is 3.04. The van der Waals surface area contributed by atoms with E-state index >= 15 is 0 Å². The van der Waals surface area contributed by atoms with Gasteiger partial charge >= 0.3 is 5.92 Å². The molecule has 5 nitrogen and oxygen atoms in total. The second-order valence-electron chi connectivity index (χ2n) is 5.83. The van der Waals surface area contributed by atoms with Gasteiger partial charge in [0.05, 0.1) is 22.1 Å². The van der Waals surface area contributed by atoms with Crippen molar-refractivity contribution in [2.75, 3.05) is 6.26 Å². The number of fused-ring (bicyclic) bond motifs is 1. The monoisotopic (exact) mass is 399 g/mol. The minimum atomic E-state index is -4.47. The Hall–Kier alpha value is -2.93. The van der Waals surface area contributed by atoms with Crippen molar-refractivity contribution in [3.63, 3.8) is 0 Å². The van der Waals surface area contributed by atoms with Gasteiger partial charge in [0.15, 0.2) is 9.84 Å². The van der Waals surface area contributed by atoms with E-state index in [2.05, 4.69) is 0 Å². The maximum absolute atomic E-state index is 14.3. The summed E-state index contributed by atoms with van der Waals surface area (Å²) in [6, 6.07) is 6.17. The number of ketones is 1. The van der Waals surface area contributed by atoms with Gasteiger partial charge in [-0.25, -0.2) is 17.2 Å². The highest BCUT2D eigenvalue weighted by Crippen LogP contribution is 2.51. The number of benzene rings is 2. The normalized spacial score (nSPS) is 18.1. The number of sulfone groups is 1. The van der Waals surface area contributed by atoms with Crippen LogP contribution >= 0.6 is 0 Å². The van der Waals surface area contributed by atoms with Gasteiger partial charge in [0.2, 0.25) is 12.0 Å². The quantitative estimate of drug-likeness (QED) is 0.735. The maximum atomic E-state index is 14.3. The lowest BCUT2D eigenvalue weighted by atomic mass is 10.1. The van der Waals surface area contributed by atoms with Crippen LogP contribution in [0.5, 0.6) is 11.5 Å². The topological polar surface area (TPSA) is 84.2 Å². The fourth-order valence-electron chi connectivity index (χ4n) is 2.74. The molecule has 0 radical (unpaired) electrons. The van der Waals surface area contributed by atoms with Crippen LogP contribution in [-0.2, 0) is 9.84 Å². The molecule has 1 atom stereocenters. The summed E-state index contributed by atoms with van der Waals surface area (Å²) in [6.07, 6.45) is -2.45. The molecule has 0 heterocycles. The molecule has 140 valence electrons. The first-order valence-electron chi connectivity index (χ1n) is 7.29. The van der Waals surface area contributed by atoms with Gasteiger partial charge in [0.1, 0.15) is 17.3 Å². The van der Waals surface area contributed by atoms with Gasteiger partial charge in [-0.2, -0.15) is 14.0 Å². The number of nitrogens with zero attached hydrogens (tertiary/aromatic N) is 1. The molecular formula is C17H9F4NO4S. The first-order valence-corrected chi connectivity index (χ1v) is 9.18. The Balaban J connectivity index is 2.22. The van der Waals surface area contributed by atoms with Crippen molar-refractivity contribution >= 4 is 15.6 Å². The van der Waals surface area contributed by atoms with Crippen molar-refractivity contribution in [3.8, 4) is 17.6 Å². The molecule has 0 aliphatic heterocycles. The van der Waals surface area contributed by atoms with E-state index in [1.54, 1.807) is 6.07 Å². The van der Waals surface area contributed by atoms with Crippen LogP contribution in [0.1, 0.15) is 27.7 Å². The molecule has 0 bridgehead atoms. The number of ether oxygens (including phenoxy) is 1. The number of alkyl halides is 3. The average Bonchev–Trinajstić information content (AvgIpc) is 2.75. The molecule has 0 saturated carbocycles. The van der Waals surface area contributed by atoms with E-state index in [0.717, 1.165) is 30.3 Å². The number of halogens is 4. The van der Waals surface area contributed by atoms with Crippen LogP contribution in [0.2, 0.25) is 0 Å². The lowest BCUT2D eigenvalue weighted by molar-refractivity contribution is -0.0368. The summed E-state index contributed by atoms with van der Waals surface area (Å²) in [5, 5.41) is 8.84. The zero-order chi connectivity index (χ0) is 20.1. The van der Waals surface area contributed by atoms with E-state index in [1.807, 2.05) is 0 Å². The predicted octanol–water partition coefficient (Wildman–Crippen LogP) is 3.74. The molecule has 0 aromatic heterocycles. The fraction of sp³-hybridized carbons (Fsp3) is 0.176. The highest BCUT2D eigenvalue weighted by molar-refractivity contribution is 7.90. The molecule has 1 aliphatic rings. The molecule has 0 fully saturated rings. The van der Waals surface area contributed by atoms with Crippen molar-refractivity contribution in [2.24, 2.45) is 0 Å². The molecule has 10 heteroatoms. The Morgan fingerprint density at radius 1 is 1.22 bits per heavy atom.